The first-order valence-electron chi connectivity index (χ1n) is 7.11. The smallest absolute Gasteiger partial charge is 0.339 e. The zero-order valence-electron chi connectivity index (χ0n) is 11.9. The minimum absolute atomic E-state index is 0.158. The number of nitrogens with one attached hydrogen (secondary N) is 2. The number of aromatic hydroxyl groups is 1. The topological polar surface area (TPSA) is 98.7 Å². The minimum atomic E-state index is -1.21. The number of hydrogen-bond donors (Lipinski definition) is 4. The van der Waals surface area contributed by atoms with Crippen LogP contribution >= 0.6 is 0 Å². The fourth-order valence-electron chi connectivity index (χ4n) is 2.66. The first kappa shape index (κ1) is 15.2. The molecule has 0 aliphatic heterocycles. The number of aromatic carboxylic acids is 1. The van der Waals surface area contributed by atoms with Crippen LogP contribution in [0.4, 0.5) is 10.5 Å². The molecule has 6 nitrogen and oxygen atoms in total. The van der Waals surface area contributed by atoms with E-state index in [2.05, 4.69) is 17.6 Å². The maximum absolute atomic E-state index is 11.9. The lowest BCUT2D eigenvalue weighted by Gasteiger charge is -2.29. The molecule has 1 aromatic rings. The van der Waals surface area contributed by atoms with Crippen molar-refractivity contribution in [3.05, 3.63) is 23.8 Å². The van der Waals surface area contributed by atoms with Gasteiger partial charge in [0.25, 0.3) is 0 Å². The molecule has 0 heterocycles. The number of carboxylic acid groups (broad SMARTS) is 1. The van der Waals surface area contributed by atoms with Gasteiger partial charge in [0.2, 0.25) is 0 Å². The molecule has 2 amide bonds. The Bertz CT molecular complexity index is 544. The van der Waals surface area contributed by atoms with E-state index in [1.54, 1.807) is 0 Å². The van der Waals surface area contributed by atoms with Crippen molar-refractivity contribution in [2.24, 2.45) is 5.92 Å². The summed E-state index contributed by atoms with van der Waals surface area (Å²) in [4.78, 5) is 22.7. The first-order chi connectivity index (χ1) is 9.97. The van der Waals surface area contributed by atoms with Crippen LogP contribution in [0.3, 0.4) is 0 Å². The largest absolute Gasteiger partial charge is 0.507 e. The van der Waals surface area contributed by atoms with E-state index in [-0.39, 0.29) is 23.4 Å². The highest BCUT2D eigenvalue weighted by molar-refractivity contribution is 5.94. The number of rotatable bonds is 3. The third-order valence-corrected chi connectivity index (χ3v) is 3.91. The van der Waals surface area contributed by atoms with Gasteiger partial charge < -0.3 is 20.8 Å². The predicted molar refractivity (Wildman–Crippen MR) is 78.6 cm³/mol. The summed E-state index contributed by atoms with van der Waals surface area (Å²) in [6, 6.07) is 3.76. The molecule has 1 saturated carbocycles. The summed E-state index contributed by atoms with van der Waals surface area (Å²) in [7, 11) is 0. The summed E-state index contributed by atoms with van der Waals surface area (Å²) in [5.41, 5.74) is 0.167. The van der Waals surface area contributed by atoms with Gasteiger partial charge in [0.15, 0.2) is 0 Å². The lowest BCUT2D eigenvalue weighted by atomic mass is 9.86. The average Bonchev–Trinajstić information content (AvgIpc) is 2.41. The highest BCUT2D eigenvalue weighted by Gasteiger charge is 2.22. The summed E-state index contributed by atoms with van der Waals surface area (Å²) in [5.74, 6) is -1.13. The molecule has 1 aliphatic carbocycles. The Hall–Kier alpha value is -2.24. The SMILES string of the molecule is CC1CCCCC1NC(=O)Nc1ccc(C(=O)O)c(O)c1. The van der Waals surface area contributed by atoms with Crippen molar-refractivity contribution in [2.45, 2.75) is 38.6 Å². The van der Waals surface area contributed by atoms with Gasteiger partial charge in [-0.1, -0.05) is 19.8 Å². The zero-order chi connectivity index (χ0) is 15.4. The predicted octanol–water partition coefficient (Wildman–Crippen LogP) is 2.79. The molecule has 4 N–H and O–H groups in total. The minimum Gasteiger partial charge on any atom is -0.507 e. The first-order valence-corrected chi connectivity index (χ1v) is 7.11. The average molecular weight is 292 g/mol. The quantitative estimate of drug-likeness (QED) is 0.688. The number of carboxylic acids is 1. The van der Waals surface area contributed by atoms with Crippen LogP contribution in [-0.2, 0) is 0 Å². The highest BCUT2D eigenvalue weighted by atomic mass is 16.4. The summed E-state index contributed by atoms with van der Waals surface area (Å²) >= 11 is 0. The summed E-state index contributed by atoms with van der Waals surface area (Å²) in [6.45, 7) is 2.12. The lowest BCUT2D eigenvalue weighted by Crippen LogP contribution is -2.43. The molecule has 6 heteroatoms. The van der Waals surface area contributed by atoms with Gasteiger partial charge in [-0.25, -0.2) is 9.59 Å². The molecule has 21 heavy (non-hydrogen) atoms. The fraction of sp³-hybridized carbons (Fsp3) is 0.467. The Kier molecular flexibility index (Phi) is 4.67. The Morgan fingerprint density at radius 3 is 2.57 bits per heavy atom. The van der Waals surface area contributed by atoms with Gasteiger partial charge in [0, 0.05) is 17.8 Å². The van der Waals surface area contributed by atoms with Crippen LogP contribution in [0, 0.1) is 5.92 Å². The monoisotopic (exact) mass is 292 g/mol. The molecular weight excluding hydrogens is 272 g/mol. The number of carbonyl (C=O) groups is 2. The van der Waals surface area contributed by atoms with E-state index in [9.17, 15) is 14.7 Å². The normalized spacial score (nSPS) is 21.6. The molecule has 114 valence electrons. The van der Waals surface area contributed by atoms with Crippen molar-refractivity contribution >= 4 is 17.7 Å². The second-order valence-electron chi connectivity index (χ2n) is 5.50. The van der Waals surface area contributed by atoms with E-state index in [4.69, 9.17) is 5.11 Å². The van der Waals surface area contributed by atoms with Crippen LogP contribution in [0.2, 0.25) is 0 Å². The van der Waals surface area contributed by atoms with Crippen LogP contribution in [0.25, 0.3) is 0 Å². The second kappa shape index (κ2) is 6.47. The maximum Gasteiger partial charge on any atom is 0.339 e. The zero-order valence-corrected chi connectivity index (χ0v) is 11.9. The summed E-state index contributed by atoms with van der Waals surface area (Å²) < 4.78 is 0. The van der Waals surface area contributed by atoms with Crippen LogP contribution in [0.15, 0.2) is 18.2 Å². The van der Waals surface area contributed by atoms with E-state index < -0.39 is 5.97 Å². The standard InChI is InChI=1S/C15H20N2O4/c1-9-4-2-3-5-12(9)17-15(21)16-10-6-7-11(14(19)20)13(18)8-10/h6-9,12,18H,2-5H2,1H3,(H,19,20)(H2,16,17,21). The van der Waals surface area contributed by atoms with E-state index >= 15 is 0 Å². The van der Waals surface area contributed by atoms with E-state index in [0.29, 0.717) is 11.6 Å². The molecule has 2 unspecified atom stereocenters. The molecular formula is C15H20N2O4. The van der Waals surface area contributed by atoms with Gasteiger partial charge in [0.1, 0.15) is 11.3 Å². The van der Waals surface area contributed by atoms with E-state index in [1.165, 1.54) is 24.6 Å². The molecule has 0 radical (unpaired) electrons. The number of benzene rings is 1. The molecule has 0 bridgehead atoms. The van der Waals surface area contributed by atoms with Crippen LogP contribution in [-0.4, -0.2) is 28.3 Å². The third kappa shape index (κ3) is 3.87. The molecule has 1 fully saturated rings. The van der Waals surface area contributed by atoms with Crippen molar-refractivity contribution in [3.8, 4) is 5.75 Å². The summed E-state index contributed by atoms with van der Waals surface area (Å²) in [6.07, 6.45) is 4.39. The van der Waals surface area contributed by atoms with Crippen LogP contribution < -0.4 is 10.6 Å². The highest BCUT2D eigenvalue weighted by Crippen LogP contribution is 2.24. The number of hydrogen-bond acceptors (Lipinski definition) is 3. The Balaban J connectivity index is 1.96. The molecule has 2 rings (SSSR count). The Morgan fingerprint density at radius 1 is 1.24 bits per heavy atom. The van der Waals surface area contributed by atoms with Crippen molar-refractivity contribution in [1.29, 1.82) is 0 Å². The van der Waals surface area contributed by atoms with Gasteiger partial charge in [-0.2, -0.15) is 0 Å². The molecule has 1 aliphatic rings. The molecule has 2 atom stereocenters. The van der Waals surface area contributed by atoms with Gasteiger partial charge in [-0.3, -0.25) is 0 Å². The lowest BCUT2D eigenvalue weighted by molar-refractivity contribution is 0.0694. The molecule has 0 saturated heterocycles. The van der Waals surface area contributed by atoms with Crippen LogP contribution in [0.5, 0.6) is 5.75 Å². The van der Waals surface area contributed by atoms with Gasteiger partial charge in [0.05, 0.1) is 0 Å². The number of phenols is 1. The van der Waals surface area contributed by atoms with Crippen molar-refractivity contribution in [1.82, 2.24) is 5.32 Å². The van der Waals surface area contributed by atoms with Crippen LogP contribution in [0.1, 0.15) is 43.0 Å². The summed E-state index contributed by atoms with van der Waals surface area (Å²) in [5, 5.41) is 23.9. The Labute approximate surface area is 123 Å². The van der Waals surface area contributed by atoms with Gasteiger partial charge in [-0.05, 0) is 30.9 Å². The van der Waals surface area contributed by atoms with E-state index in [0.717, 1.165) is 19.3 Å². The third-order valence-electron chi connectivity index (χ3n) is 3.91. The van der Waals surface area contributed by atoms with Crippen molar-refractivity contribution in [2.75, 3.05) is 5.32 Å². The number of anilines is 1. The van der Waals surface area contributed by atoms with Gasteiger partial charge >= 0.3 is 12.0 Å². The number of amides is 2. The molecule has 0 spiro atoms. The number of carbonyl (C=O) groups excluding carboxylic acids is 1. The second-order valence-corrected chi connectivity index (χ2v) is 5.50. The van der Waals surface area contributed by atoms with E-state index in [1.807, 2.05) is 0 Å². The Morgan fingerprint density at radius 2 is 1.95 bits per heavy atom. The molecule has 1 aromatic carbocycles. The van der Waals surface area contributed by atoms with Crippen molar-refractivity contribution < 1.29 is 19.8 Å². The maximum atomic E-state index is 11.9. The van der Waals surface area contributed by atoms with Crippen molar-refractivity contribution in [3.63, 3.8) is 0 Å². The number of urea groups is 1. The van der Waals surface area contributed by atoms with Gasteiger partial charge in [-0.15, -0.1) is 0 Å². The molecule has 0 aromatic heterocycles. The fourth-order valence-corrected chi connectivity index (χ4v) is 2.66.